The van der Waals surface area contributed by atoms with Crippen LogP contribution in [0, 0.1) is 0 Å². The average Bonchev–Trinajstić information content (AvgIpc) is 2.38. The highest BCUT2D eigenvalue weighted by molar-refractivity contribution is 5.75. The van der Waals surface area contributed by atoms with Gasteiger partial charge in [0, 0.05) is 25.2 Å². The number of amides is 2. The number of likely N-dealkylation sites (tertiary alicyclic amines) is 1. The van der Waals surface area contributed by atoms with Gasteiger partial charge in [-0.2, -0.15) is 0 Å². The number of hydrogen-bond acceptors (Lipinski definition) is 3. The summed E-state index contributed by atoms with van der Waals surface area (Å²) in [6.45, 7) is 5.08. The Morgan fingerprint density at radius 3 is 2.65 bits per heavy atom. The van der Waals surface area contributed by atoms with E-state index in [-0.39, 0.29) is 36.9 Å². The van der Waals surface area contributed by atoms with Crippen LogP contribution in [-0.4, -0.2) is 53.5 Å². The normalized spacial score (nSPS) is 34.9. The summed E-state index contributed by atoms with van der Waals surface area (Å²) in [6.07, 6.45) is 6.10. The summed E-state index contributed by atoms with van der Waals surface area (Å²) in [5.41, 5.74) is 0. The molecule has 5 heteroatoms. The number of aliphatic hydroxyl groups is 1. The van der Waals surface area contributed by atoms with Gasteiger partial charge in [0.25, 0.3) is 0 Å². The third-order valence-electron chi connectivity index (χ3n) is 4.38. The predicted molar refractivity (Wildman–Crippen MR) is 77.6 cm³/mol. The zero-order chi connectivity index (χ0) is 14.5. The van der Waals surface area contributed by atoms with Gasteiger partial charge in [0.15, 0.2) is 0 Å². The topological polar surface area (TPSA) is 61.8 Å². The fourth-order valence-corrected chi connectivity index (χ4v) is 3.50. The van der Waals surface area contributed by atoms with Gasteiger partial charge in [0.1, 0.15) is 0 Å². The minimum Gasteiger partial charge on any atom is -0.396 e. The minimum absolute atomic E-state index is 0.0365. The van der Waals surface area contributed by atoms with Crippen LogP contribution in [0.15, 0.2) is 0 Å². The first kappa shape index (κ1) is 15.6. The molecule has 0 aliphatic carbocycles. The molecule has 0 aromatic carbocycles. The van der Waals surface area contributed by atoms with Gasteiger partial charge >= 0.3 is 6.03 Å². The van der Waals surface area contributed by atoms with E-state index in [9.17, 15) is 4.79 Å². The van der Waals surface area contributed by atoms with Crippen LogP contribution in [0.1, 0.15) is 52.4 Å². The maximum Gasteiger partial charge on any atom is 0.317 e. The second-order valence-corrected chi connectivity index (χ2v) is 6.23. The van der Waals surface area contributed by atoms with Crippen LogP contribution in [0.4, 0.5) is 4.79 Å². The van der Waals surface area contributed by atoms with E-state index >= 15 is 0 Å². The Labute approximate surface area is 121 Å². The Kier molecular flexibility index (Phi) is 5.66. The van der Waals surface area contributed by atoms with Crippen molar-refractivity contribution in [2.45, 2.75) is 76.7 Å². The number of nitrogens with zero attached hydrogens (tertiary/aromatic N) is 1. The summed E-state index contributed by atoms with van der Waals surface area (Å²) in [6, 6.07) is 0.441. The lowest BCUT2D eigenvalue weighted by Gasteiger charge is -2.38. The average molecular weight is 284 g/mol. The van der Waals surface area contributed by atoms with Crippen molar-refractivity contribution in [2.75, 3.05) is 13.2 Å². The zero-order valence-corrected chi connectivity index (χ0v) is 12.7. The maximum atomic E-state index is 12.5. The van der Waals surface area contributed by atoms with Gasteiger partial charge in [-0.15, -0.1) is 0 Å². The van der Waals surface area contributed by atoms with Gasteiger partial charge in [-0.05, 0) is 52.4 Å². The molecule has 3 atom stereocenters. The second-order valence-electron chi connectivity index (χ2n) is 6.23. The molecule has 0 aromatic heterocycles. The molecule has 2 aliphatic heterocycles. The number of piperidine rings is 1. The Balaban J connectivity index is 1.89. The smallest absolute Gasteiger partial charge is 0.317 e. The Bertz CT molecular complexity index is 312. The number of carbonyl (C=O) groups is 1. The molecule has 2 heterocycles. The number of hydrogen-bond donors (Lipinski definition) is 2. The molecule has 2 rings (SSSR count). The Morgan fingerprint density at radius 2 is 2.00 bits per heavy atom. The highest BCUT2D eigenvalue weighted by Gasteiger charge is 2.30. The van der Waals surface area contributed by atoms with E-state index in [0.29, 0.717) is 6.42 Å². The highest BCUT2D eigenvalue weighted by atomic mass is 16.5. The molecule has 3 unspecified atom stereocenters. The maximum absolute atomic E-state index is 12.5. The first-order valence-corrected chi connectivity index (χ1v) is 7.93. The lowest BCUT2D eigenvalue weighted by atomic mass is 9.98. The van der Waals surface area contributed by atoms with Crippen molar-refractivity contribution in [3.63, 3.8) is 0 Å². The lowest BCUT2D eigenvalue weighted by molar-refractivity contribution is -0.0410. The second kappa shape index (κ2) is 7.27. The fourth-order valence-electron chi connectivity index (χ4n) is 3.50. The molecule has 0 saturated carbocycles. The molecule has 0 radical (unpaired) electrons. The molecule has 5 nitrogen and oxygen atoms in total. The van der Waals surface area contributed by atoms with E-state index in [1.807, 2.05) is 4.90 Å². The summed E-state index contributed by atoms with van der Waals surface area (Å²) < 4.78 is 5.71. The predicted octanol–water partition coefficient (Wildman–Crippen LogP) is 1.89. The monoisotopic (exact) mass is 284 g/mol. The van der Waals surface area contributed by atoms with Gasteiger partial charge in [-0.25, -0.2) is 4.79 Å². The summed E-state index contributed by atoms with van der Waals surface area (Å²) >= 11 is 0. The van der Waals surface area contributed by atoms with E-state index in [4.69, 9.17) is 9.84 Å². The third-order valence-corrected chi connectivity index (χ3v) is 4.38. The van der Waals surface area contributed by atoms with Crippen LogP contribution >= 0.6 is 0 Å². The van der Waals surface area contributed by atoms with Gasteiger partial charge in [-0.3, -0.25) is 0 Å². The summed E-state index contributed by atoms with van der Waals surface area (Å²) in [5, 5.41) is 12.3. The summed E-state index contributed by atoms with van der Waals surface area (Å²) in [5.74, 6) is 0. The molecular formula is C15H28N2O3. The molecule has 2 aliphatic rings. The van der Waals surface area contributed by atoms with Crippen molar-refractivity contribution in [3.05, 3.63) is 0 Å². The van der Waals surface area contributed by atoms with E-state index in [2.05, 4.69) is 19.2 Å². The molecule has 0 aromatic rings. The first-order chi connectivity index (χ1) is 9.60. The molecule has 0 bridgehead atoms. The van der Waals surface area contributed by atoms with Crippen LogP contribution < -0.4 is 5.32 Å². The van der Waals surface area contributed by atoms with Gasteiger partial charge in [-0.1, -0.05) is 0 Å². The Hall–Kier alpha value is -0.810. The number of ether oxygens (including phenoxy) is 1. The van der Waals surface area contributed by atoms with Gasteiger partial charge in [0.05, 0.1) is 12.2 Å². The molecule has 2 saturated heterocycles. The number of urea groups is 1. The van der Waals surface area contributed by atoms with Crippen LogP contribution in [-0.2, 0) is 4.74 Å². The first-order valence-electron chi connectivity index (χ1n) is 7.93. The molecule has 20 heavy (non-hydrogen) atoms. The molecule has 2 amide bonds. The summed E-state index contributed by atoms with van der Waals surface area (Å²) in [7, 11) is 0. The van der Waals surface area contributed by atoms with Crippen molar-refractivity contribution in [3.8, 4) is 0 Å². The van der Waals surface area contributed by atoms with Crippen molar-refractivity contribution in [1.29, 1.82) is 0 Å². The van der Waals surface area contributed by atoms with Crippen molar-refractivity contribution < 1.29 is 14.6 Å². The number of carbonyl (C=O) groups excluding carboxylic acids is 1. The standard InChI is InChI=1S/C15H28N2O3/c1-11-9-13(10-12(2)20-11)16-15(19)17-7-4-3-5-14(17)6-8-18/h11-14,18H,3-10H2,1-2H3,(H,16,19). The van der Waals surface area contributed by atoms with Crippen LogP contribution in [0.5, 0.6) is 0 Å². The van der Waals surface area contributed by atoms with E-state index in [1.54, 1.807) is 0 Å². The number of aliphatic hydroxyl groups excluding tert-OH is 1. The summed E-state index contributed by atoms with van der Waals surface area (Å²) in [4.78, 5) is 14.4. The van der Waals surface area contributed by atoms with Gasteiger partial charge in [0.2, 0.25) is 0 Å². The van der Waals surface area contributed by atoms with Gasteiger partial charge < -0.3 is 20.1 Å². The lowest BCUT2D eigenvalue weighted by Crippen LogP contribution is -2.53. The van der Waals surface area contributed by atoms with E-state index in [1.165, 1.54) is 0 Å². The van der Waals surface area contributed by atoms with Crippen LogP contribution in [0.2, 0.25) is 0 Å². The number of rotatable bonds is 3. The molecular weight excluding hydrogens is 256 g/mol. The fraction of sp³-hybridized carbons (Fsp3) is 0.933. The van der Waals surface area contributed by atoms with Crippen LogP contribution in [0.25, 0.3) is 0 Å². The molecule has 2 fully saturated rings. The largest absolute Gasteiger partial charge is 0.396 e. The minimum atomic E-state index is 0.0365. The van der Waals surface area contributed by atoms with Crippen molar-refractivity contribution in [2.24, 2.45) is 0 Å². The van der Waals surface area contributed by atoms with Crippen molar-refractivity contribution >= 4 is 6.03 Å². The molecule has 2 N–H and O–H groups in total. The Morgan fingerprint density at radius 1 is 1.30 bits per heavy atom. The molecule has 116 valence electrons. The van der Waals surface area contributed by atoms with E-state index in [0.717, 1.165) is 38.6 Å². The zero-order valence-electron chi connectivity index (χ0n) is 12.7. The highest BCUT2D eigenvalue weighted by Crippen LogP contribution is 2.22. The number of nitrogens with one attached hydrogen (secondary N) is 1. The SMILES string of the molecule is CC1CC(NC(=O)N2CCCCC2CCO)CC(C)O1. The third kappa shape index (κ3) is 4.09. The molecule has 0 spiro atoms. The van der Waals surface area contributed by atoms with Crippen LogP contribution in [0.3, 0.4) is 0 Å². The van der Waals surface area contributed by atoms with Crippen molar-refractivity contribution in [1.82, 2.24) is 10.2 Å². The quantitative estimate of drug-likeness (QED) is 0.832. The van der Waals surface area contributed by atoms with E-state index < -0.39 is 0 Å².